The normalized spacial score (nSPS) is 22.4. The van der Waals surface area contributed by atoms with Gasteiger partial charge in [-0.25, -0.2) is 0 Å². The van der Waals surface area contributed by atoms with Gasteiger partial charge in [-0.15, -0.1) is 35.3 Å². The standard InChI is InChI=1S/C20H26N4OS.HI/c1-21-19(24-12-10-23(11-13-24)18-7-4-14-26-18)22-15-20(25)9-8-16-5-2-3-6-17(16)20;/h2-7,14,25H,8-13,15H2,1H3,(H,21,22);1H. The number of hydrogen-bond donors (Lipinski definition) is 2. The van der Waals surface area contributed by atoms with Gasteiger partial charge in [0.25, 0.3) is 0 Å². The molecule has 0 radical (unpaired) electrons. The van der Waals surface area contributed by atoms with Crippen molar-refractivity contribution in [2.75, 3.05) is 44.7 Å². The minimum Gasteiger partial charge on any atom is -0.383 e. The molecule has 146 valence electrons. The summed E-state index contributed by atoms with van der Waals surface area (Å²) in [4.78, 5) is 9.16. The second kappa shape index (κ2) is 8.79. The zero-order valence-electron chi connectivity index (χ0n) is 15.6. The van der Waals surface area contributed by atoms with E-state index in [4.69, 9.17) is 0 Å². The Labute approximate surface area is 182 Å². The van der Waals surface area contributed by atoms with E-state index in [0.717, 1.165) is 50.5 Å². The number of halogens is 1. The lowest BCUT2D eigenvalue weighted by molar-refractivity contribution is 0.0425. The molecule has 7 heteroatoms. The minimum absolute atomic E-state index is 0. The molecule has 0 saturated carbocycles. The number of guanidine groups is 1. The predicted octanol–water partition coefficient (Wildman–Crippen LogP) is 2.90. The van der Waals surface area contributed by atoms with Gasteiger partial charge in [0.2, 0.25) is 0 Å². The second-order valence-electron chi connectivity index (χ2n) is 7.01. The summed E-state index contributed by atoms with van der Waals surface area (Å²) in [7, 11) is 1.82. The number of piperazine rings is 1. The van der Waals surface area contributed by atoms with E-state index in [-0.39, 0.29) is 24.0 Å². The highest BCUT2D eigenvalue weighted by Crippen LogP contribution is 2.36. The molecule has 1 aromatic heterocycles. The molecule has 1 fully saturated rings. The summed E-state index contributed by atoms with van der Waals surface area (Å²) in [5.74, 6) is 0.883. The molecule has 0 bridgehead atoms. The highest BCUT2D eigenvalue weighted by atomic mass is 127. The van der Waals surface area contributed by atoms with E-state index in [1.165, 1.54) is 10.6 Å². The van der Waals surface area contributed by atoms with Crippen molar-refractivity contribution in [2.45, 2.75) is 18.4 Å². The SMILES string of the molecule is CN=C(NCC1(O)CCc2ccccc21)N1CCN(c2cccs2)CC1.I. The first-order valence-corrected chi connectivity index (χ1v) is 10.1. The van der Waals surface area contributed by atoms with Gasteiger partial charge in [-0.1, -0.05) is 24.3 Å². The van der Waals surface area contributed by atoms with Crippen LogP contribution in [0.3, 0.4) is 0 Å². The van der Waals surface area contributed by atoms with Crippen LogP contribution >= 0.6 is 35.3 Å². The first kappa shape index (κ1) is 20.4. The molecule has 1 aliphatic carbocycles. The molecule has 0 amide bonds. The van der Waals surface area contributed by atoms with Gasteiger partial charge < -0.3 is 20.2 Å². The number of thiophene rings is 1. The van der Waals surface area contributed by atoms with Crippen LogP contribution in [0.15, 0.2) is 46.8 Å². The summed E-state index contributed by atoms with van der Waals surface area (Å²) in [5, 5.41) is 18.0. The number of rotatable bonds is 3. The third-order valence-corrected chi connectivity index (χ3v) is 6.40. The van der Waals surface area contributed by atoms with E-state index in [1.54, 1.807) is 11.3 Å². The zero-order chi connectivity index (χ0) is 18.0. The Morgan fingerprint density at radius 2 is 1.96 bits per heavy atom. The number of nitrogens with zero attached hydrogens (tertiary/aromatic N) is 3. The Morgan fingerprint density at radius 1 is 1.19 bits per heavy atom. The molecule has 1 aliphatic heterocycles. The van der Waals surface area contributed by atoms with Crippen molar-refractivity contribution in [3.8, 4) is 0 Å². The van der Waals surface area contributed by atoms with Crippen molar-refractivity contribution in [3.63, 3.8) is 0 Å². The van der Waals surface area contributed by atoms with Crippen LogP contribution < -0.4 is 10.2 Å². The van der Waals surface area contributed by atoms with Crippen molar-refractivity contribution in [1.29, 1.82) is 0 Å². The van der Waals surface area contributed by atoms with Crippen molar-refractivity contribution < 1.29 is 5.11 Å². The van der Waals surface area contributed by atoms with Gasteiger partial charge in [-0.2, -0.15) is 0 Å². The summed E-state index contributed by atoms with van der Waals surface area (Å²) in [6.07, 6.45) is 1.70. The number of fused-ring (bicyclic) bond motifs is 1. The van der Waals surface area contributed by atoms with Crippen molar-refractivity contribution in [2.24, 2.45) is 4.99 Å². The summed E-state index contributed by atoms with van der Waals surface area (Å²) in [6, 6.07) is 12.5. The Hall–Kier alpha value is -1.32. The van der Waals surface area contributed by atoms with Gasteiger partial charge in [0, 0.05) is 33.2 Å². The van der Waals surface area contributed by atoms with Crippen LogP contribution in [0.25, 0.3) is 0 Å². The van der Waals surface area contributed by atoms with Gasteiger partial charge >= 0.3 is 0 Å². The Morgan fingerprint density at radius 3 is 2.67 bits per heavy atom. The van der Waals surface area contributed by atoms with Gasteiger partial charge in [-0.3, -0.25) is 4.99 Å². The Kier molecular flexibility index (Phi) is 6.65. The molecule has 4 rings (SSSR count). The molecule has 27 heavy (non-hydrogen) atoms. The molecule has 1 atom stereocenters. The van der Waals surface area contributed by atoms with Crippen LogP contribution in [-0.4, -0.2) is 55.7 Å². The average Bonchev–Trinajstić information content (AvgIpc) is 3.32. The van der Waals surface area contributed by atoms with Crippen LogP contribution in [0.5, 0.6) is 0 Å². The van der Waals surface area contributed by atoms with Crippen molar-refractivity contribution in [3.05, 3.63) is 52.9 Å². The average molecular weight is 498 g/mol. The van der Waals surface area contributed by atoms with E-state index < -0.39 is 5.60 Å². The van der Waals surface area contributed by atoms with Crippen LogP contribution in [0, 0.1) is 0 Å². The first-order chi connectivity index (χ1) is 12.7. The van der Waals surface area contributed by atoms with Crippen molar-refractivity contribution >= 4 is 46.3 Å². The molecule has 0 spiro atoms. The molecular formula is C20H27IN4OS. The summed E-state index contributed by atoms with van der Waals surface area (Å²) >= 11 is 1.79. The smallest absolute Gasteiger partial charge is 0.193 e. The van der Waals surface area contributed by atoms with Crippen LogP contribution in [-0.2, 0) is 12.0 Å². The monoisotopic (exact) mass is 498 g/mol. The maximum absolute atomic E-state index is 11.1. The zero-order valence-corrected chi connectivity index (χ0v) is 18.7. The fraction of sp³-hybridized carbons (Fsp3) is 0.450. The highest BCUT2D eigenvalue weighted by molar-refractivity contribution is 14.0. The maximum Gasteiger partial charge on any atom is 0.193 e. The number of anilines is 1. The molecule has 1 saturated heterocycles. The number of nitrogens with one attached hydrogen (secondary N) is 1. The Bertz CT molecular complexity index is 774. The van der Waals surface area contributed by atoms with Gasteiger partial charge in [0.1, 0.15) is 5.60 Å². The van der Waals surface area contributed by atoms with Gasteiger partial charge in [0.05, 0.1) is 11.5 Å². The lowest BCUT2D eigenvalue weighted by Crippen LogP contribution is -2.54. The first-order valence-electron chi connectivity index (χ1n) is 9.24. The number of aryl methyl sites for hydroxylation is 1. The largest absolute Gasteiger partial charge is 0.383 e. The second-order valence-corrected chi connectivity index (χ2v) is 7.94. The molecule has 2 aliphatic rings. The minimum atomic E-state index is -0.800. The van der Waals surface area contributed by atoms with Gasteiger partial charge in [-0.05, 0) is 41.5 Å². The van der Waals surface area contributed by atoms with Crippen LogP contribution in [0.4, 0.5) is 5.00 Å². The lowest BCUT2D eigenvalue weighted by atomic mass is 9.96. The molecule has 1 unspecified atom stereocenters. The number of aliphatic hydroxyl groups is 1. The third-order valence-electron chi connectivity index (χ3n) is 5.47. The lowest BCUT2D eigenvalue weighted by Gasteiger charge is -2.37. The van der Waals surface area contributed by atoms with E-state index in [0.29, 0.717) is 6.54 Å². The summed E-state index contributed by atoms with van der Waals surface area (Å²) in [6.45, 7) is 4.36. The number of hydrogen-bond acceptors (Lipinski definition) is 4. The third kappa shape index (κ3) is 4.25. The fourth-order valence-corrected chi connectivity index (χ4v) is 4.78. The fourth-order valence-electron chi connectivity index (χ4n) is 4.00. The molecular weight excluding hydrogens is 471 g/mol. The van der Waals surface area contributed by atoms with E-state index in [2.05, 4.69) is 43.7 Å². The maximum atomic E-state index is 11.1. The summed E-state index contributed by atoms with van der Waals surface area (Å²) in [5.41, 5.74) is 1.52. The molecule has 5 nitrogen and oxygen atoms in total. The summed E-state index contributed by atoms with van der Waals surface area (Å²) < 4.78 is 0. The number of benzene rings is 1. The van der Waals surface area contributed by atoms with E-state index in [1.807, 2.05) is 25.2 Å². The number of aliphatic imine (C=N–C) groups is 1. The van der Waals surface area contributed by atoms with Crippen LogP contribution in [0.2, 0.25) is 0 Å². The van der Waals surface area contributed by atoms with E-state index in [9.17, 15) is 5.11 Å². The van der Waals surface area contributed by atoms with Gasteiger partial charge in [0.15, 0.2) is 5.96 Å². The highest BCUT2D eigenvalue weighted by Gasteiger charge is 2.36. The molecule has 2 heterocycles. The van der Waals surface area contributed by atoms with Crippen molar-refractivity contribution in [1.82, 2.24) is 10.2 Å². The van der Waals surface area contributed by atoms with Crippen LogP contribution in [0.1, 0.15) is 17.5 Å². The quantitative estimate of drug-likeness (QED) is 0.389. The molecule has 2 N–H and O–H groups in total. The van der Waals surface area contributed by atoms with E-state index >= 15 is 0 Å². The topological polar surface area (TPSA) is 51.1 Å². The molecule has 1 aromatic carbocycles. The Balaban J connectivity index is 0.00000210. The predicted molar refractivity (Wildman–Crippen MR) is 124 cm³/mol. The molecule has 2 aromatic rings.